The summed E-state index contributed by atoms with van der Waals surface area (Å²) in [6.45, 7) is 3.47. The molecule has 1 amide bonds. The molecule has 2 aliphatic rings. The van der Waals surface area contributed by atoms with E-state index in [0.717, 1.165) is 51.1 Å². The number of rotatable bonds is 7. The molecule has 4 nitrogen and oxygen atoms in total. The molecule has 2 aromatic carbocycles. The summed E-state index contributed by atoms with van der Waals surface area (Å²) >= 11 is 0. The van der Waals surface area contributed by atoms with Crippen LogP contribution in [0.25, 0.3) is 0 Å². The first-order chi connectivity index (χ1) is 14.3. The number of halogens is 1. The quantitative estimate of drug-likeness (QED) is 0.677. The van der Waals surface area contributed by atoms with Gasteiger partial charge in [-0.15, -0.1) is 12.4 Å². The number of likely N-dealkylation sites (tertiary alicyclic amines) is 1. The molecule has 1 saturated carbocycles. The van der Waals surface area contributed by atoms with Crippen LogP contribution in [-0.2, 0) is 17.9 Å². The molecule has 0 aromatic heterocycles. The molecule has 2 fully saturated rings. The van der Waals surface area contributed by atoms with Gasteiger partial charge in [-0.05, 0) is 62.0 Å². The summed E-state index contributed by atoms with van der Waals surface area (Å²) in [4.78, 5) is 15.0. The second-order valence-corrected chi connectivity index (χ2v) is 8.46. The number of benzene rings is 2. The Hall–Kier alpha value is -2.04. The summed E-state index contributed by atoms with van der Waals surface area (Å²) in [5.41, 5.74) is 2.44. The molecule has 1 N–H and O–H groups in total. The maximum Gasteiger partial charge on any atom is 0.223 e. The molecule has 0 bridgehead atoms. The van der Waals surface area contributed by atoms with Crippen molar-refractivity contribution in [2.24, 2.45) is 5.92 Å². The Morgan fingerprint density at radius 2 is 1.63 bits per heavy atom. The van der Waals surface area contributed by atoms with Crippen molar-refractivity contribution in [3.8, 4) is 5.75 Å². The molecule has 0 atom stereocenters. The van der Waals surface area contributed by atoms with Crippen LogP contribution in [0.2, 0.25) is 0 Å². The van der Waals surface area contributed by atoms with E-state index in [1.54, 1.807) is 0 Å². The van der Waals surface area contributed by atoms with Crippen molar-refractivity contribution in [3.63, 3.8) is 0 Å². The lowest BCUT2D eigenvalue weighted by Gasteiger charge is -2.32. The number of hydrogen-bond donors (Lipinski definition) is 1. The number of nitrogens with one attached hydrogen (secondary N) is 1. The third-order valence-corrected chi connectivity index (χ3v) is 6.21. The van der Waals surface area contributed by atoms with Gasteiger partial charge in [-0.1, -0.05) is 55.3 Å². The monoisotopic (exact) mass is 428 g/mol. The van der Waals surface area contributed by atoms with Crippen molar-refractivity contribution in [1.29, 1.82) is 0 Å². The van der Waals surface area contributed by atoms with Crippen LogP contribution in [0.15, 0.2) is 54.6 Å². The predicted molar refractivity (Wildman–Crippen MR) is 123 cm³/mol. The maximum atomic E-state index is 12.5. The summed E-state index contributed by atoms with van der Waals surface area (Å²) in [6, 6.07) is 19.1. The molecule has 5 heteroatoms. The highest BCUT2D eigenvalue weighted by Gasteiger charge is 2.27. The first-order valence-corrected chi connectivity index (χ1v) is 11.0. The fourth-order valence-electron chi connectivity index (χ4n) is 4.48. The van der Waals surface area contributed by atoms with Crippen LogP contribution in [-0.4, -0.2) is 29.9 Å². The second kappa shape index (κ2) is 11.4. The Bertz CT molecular complexity index is 785. The summed E-state index contributed by atoms with van der Waals surface area (Å²) in [5.74, 6) is 1.39. The van der Waals surface area contributed by atoms with Gasteiger partial charge < -0.3 is 10.1 Å². The smallest absolute Gasteiger partial charge is 0.223 e. The lowest BCUT2D eigenvalue weighted by Crippen LogP contribution is -2.42. The van der Waals surface area contributed by atoms with Crippen molar-refractivity contribution in [2.45, 2.75) is 57.7 Å². The molecular formula is C25H33ClN2O2. The molecule has 1 aliphatic carbocycles. The van der Waals surface area contributed by atoms with E-state index in [1.165, 1.54) is 24.0 Å². The number of nitrogens with zero attached hydrogens (tertiary/aromatic N) is 1. The molecule has 4 rings (SSSR count). The average molecular weight is 429 g/mol. The summed E-state index contributed by atoms with van der Waals surface area (Å²) in [7, 11) is 0. The van der Waals surface area contributed by atoms with Gasteiger partial charge in [-0.2, -0.15) is 0 Å². The van der Waals surface area contributed by atoms with Gasteiger partial charge in [0, 0.05) is 18.5 Å². The van der Waals surface area contributed by atoms with E-state index in [2.05, 4.69) is 40.5 Å². The van der Waals surface area contributed by atoms with E-state index in [-0.39, 0.29) is 24.2 Å². The van der Waals surface area contributed by atoms with E-state index in [0.29, 0.717) is 12.6 Å². The standard InChI is InChI=1S/C25H32N2O2.ClH/c28-25(26-23-10-4-5-11-23)22-13-15-27(16-14-22)18-21-9-6-12-24(17-21)29-19-20-7-2-1-3-8-20;/h1-3,6-9,12,17,22-23H,4-5,10-11,13-16,18-19H2,(H,26,28);1H. The molecule has 2 aromatic rings. The van der Waals surface area contributed by atoms with Gasteiger partial charge in [0.15, 0.2) is 0 Å². The summed E-state index contributed by atoms with van der Waals surface area (Å²) in [6.07, 6.45) is 6.76. The third-order valence-electron chi connectivity index (χ3n) is 6.21. The number of piperidine rings is 1. The summed E-state index contributed by atoms with van der Waals surface area (Å²) < 4.78 is 5.96. The molecule has 0 radical (unpaired) electrons. The van der Waals surface area contributed by atoms with Crippen LogP contribution in [0.1, 0.15) is 49.7 Å². The molecule has 162 valence electrons. The van der Waals surface area contributed by atoms with Crippen LogP contribution in [0, 0.1) is 5.92 Å². The fraction of sp³-hybridized carbons (Fsp3) is 0.480. The van der Waals surface area contributed by atoms with Crippen molar-refractivity contribution < 1.29 is 9.53 Å². The van der Waals surface area contributed by atoms with Gasteiger partial charge in [0.2, 0.25) is 5.91 Å². The van der Waals surface area contributed by atoms with E-state index >= 15 is 0 Å². The molecule has 1 aliphatic heterocycles. The van der Waals surface area contributed by atoms with Crippen molar-refractivity contribution in [3.05, 3.63) is 65.7 Å². The zero-order valence-electron chi connectivity index (χ0n) is 17.6. The van der Waals surface area contributed by atoms with Crippen LogP contribution in [0.5, 0.6) is 5.75 Å². The van der Waals surface area contributed by atoms with Gasteiger partial charge in [-0.25, -0.2) is 0 Å². The minimum Gasteiger partial charge on any atom is -0.489 e. The highest BCUT2D eigenvalue weighted by atomic mass is 35.5. The molecule has 1 heterocycles. The van der Waals surface area contributed by atoms with E-state index in [4.69, 9.17) is 4.74 Å². The second-order valence-electron chi connectivity index (χ2n) is 8.46. The lowest BCUT2D eigenvalue weighted by molar-refractivity contribution is -0.127. The number of hydrogen-bond acceptors (Lipinski definition) is 3. The van der Waals surface area contributed by atoms with Crippen molar-refractivity contribution in [2.75, 3.05) is 13.1 Å². The minimum absolute atomic E-state index is 0. The van der Waals surface area contributed by atoms with Gasteiger partial charge in [0.1, 0.15) is 12.4 Å². The average Bonchev–Trinajstić information content (AvgIpc) is 3.27. The first kappa shape index (κ1) is 22.6. The molecule has 1 saturated heterocycles. The van der Waals surface area contributed by atoms with E-state index in [1.807, 2.05) is 24.3 Å². The Morgan fingerprint density at radius 3 is 2.37 bits per heavy atom. The van der Waals surface area contributed by atoms with Gasteiger partial charge in [0.25, 0.3) is 0 Å². The normalized spacial score (nSPS) is 18.0. The van der Waals surface area contributed by atoms with Crippen LogP contribution < -0.4 is 10.1 Å². The predicted octanol–water partition coefficient (Wildman–Crippen LogP) is 4.96. The maximum absolute atomic E-state index is 12.5. The van der Waals surface area contributed by atoms with E-state index in [9.17, 15) is 4.79 Å². The van der Waals surface area contributed by atoms with Crippen molar-refractivity contribution >= 4 is 18.3 Å². The SMILES string of the molecule is Cl.O=C(NC1CCCC1)C1CCN(Cc2cccc(OCc3ccccc3)c2)CC1. The van der Waals surface area contributed by atoms with Gasteiger partial charge in [0.05, 0.1) is 0 Å². The number of carbonyl (C=O) groups excluding carboxylic acids is 1. The molecule has 0 unspecified atom stereocenters. The fourth-order valence-corrected chi connectivity index (χ4v) is 4.48. The Morgan fingerprint density at radius 1 is 0.933 bits per heavy atom. The number of carbonyl (C=O) groups is 1. The Labute approximate surface area is 186 Å². The van der Waals surface area contributed by atoms with E-state index < -0.39 is 0 Å². The van der Waals surface area contributed by atoms with Crippen LogP contribution >= 0.6 is 12.4 Å². The highest BCUT2D eigenvalue weighted by molar-refractivity contribution is 5.85. The van der Waals surface area contributed by atoms with Crippen molar-refractivity contribution in [1.82, 2.24) is 10.2 Å². The third kappa shape index (κ3) is 6.48. The molecule has 30 heavy (non-hydrogen) atoms. The molecule has 0 spiro atoms. The Balaban J connectivity index is 0.00000256. The number of ether oxygens (including phenoxy) is 1. The number of amides is 1. The zero-order valence-corrected chi connectivity index (χ0v) is 18.4. The molecular weight excluding hydrogens is 396 g/mol. The Kier molecular flexibility index (Phi) is 8.59. The summed E-state index contributed by atoms with van der Waals surface area (Å²) in [5, 5.41) is 3.27. The lowest BCUT2D eigenvalue weighted by atomic mass is 9.95. The largest absolute Gasteiger partial charge is 0.489 e. The van der Waals surface area contributed by atoms with Crippen LogP contribution in [0.4, 0.5) is 0 Å². The zero-order chi connectivity index (χ0) is 19.9. The highest BCUT2D eigenvalue weighted by Crippen LogP contribution is 2.23. The first-order valence-electron chi connectivity index (χ1n) is 11.0. The van der Waals surface area contributed by atoms with Gasteiger partial charge in [-0.3, -0.25) is 9.69 Å². The van der Waals surface area contributed by atoms with Gasteiger partial charge >= 0.3 is 0 Å². The topological polar surface area (TPSA) is 41.6 Å². The minimum atomic E-state index is 0. The van der Waals surface area contributed by atoms with Crippen LogP contribution in [0.3, 0.4) is 0 Å².